The first kappa shape index (κ1) is 12.4. The van der Waals surface area contributed by atoms with E-state index in [4.69, 9.17) is 0 Å². The standard InChI is InChI=1S/C9H16O.C2H5N/c1-3-4-5-6-7-8-9(2)10;1-2-3-1/h7-8H,3-6H2,1-2H3;3H,1-2H2. The highest BCUT2D eigenvalue weighted by Gasteiger charge is 1.91. The van der Waals surface area contributed by atoms with Crippen molar-refractivity contribution in [2.75, 3.05) is 13.1 Å². The molecule has 0 saturated carbocycles. The maximum atomic E-state index is 10.4. The normalized spacial score (nSPS) is 13.7. The summed E-state index contributed by atoms with van der Waals surface area (Å²) >= 11 is 0. The summed E-state index contributed by atoms with van der Waals surface area (Å²) in [5.41, 5.74) is 0. The minimum atomic E-state index is 0.150. The number of carbonyl (C=O) groups excluding carboxylic acids is 1. The van der Waals surface area contributed by atoms with Gasteiger partial charge in [-0.3, -0.25) is 4.79 Å². The number of unbranched alkanes of at least 4 members (excludes halogenated alkanes) is 3. The lowest BCUT2D eigenvalue weighted by Gasteiger charge is -1.89. The fourth-order valence-electron chi connectivity index (χ4n) is 0.761. The number of allylic oxidation sites excluding steroid dienone is 2. The molecule has 0 aromatic heterocycles. The van der Waals surface area contributed by atoms with Crippen LogP contribution in [-0.4, -0.2) is 18.9 Å². The summed E-state index contributed by atoms with van der Waals surface area (Å²) < 4.78 is 0. The predicted octanol–water partition coefficient (Wildman–Crippen LogP) is 2.30. The second kappa shape index (κ2) is 9.46. The molecule has 1 N–H and O–H groups in total. The SMILES string of the molecule is C1CN1.CCCCCC=CC(C)=O. The van der Waals surface area contributed by atoms with Gasteiger partial charge in [0.2, 0.25) is 0 Å². The molecule has 2 nitrogen and oxygen atoms in total. The molecule has 2 heteroatoms. The van der Waals surface area contributed by atoms with Gasteiger partial charge < -0.3 is 5.32 Å². The Morgan fingerprint density at radius 2 is 2.00 bits per heavy atom. The van der Waals surface area contributed by atoms with Crippen molar-refractivity contribution in [3.63, 3.8) is 0 Å². The predicted molar refractivity (Wildman–Crippen MR) is 56.8 cm³/mol. The summed E-state index contributed by atoms with van der Waals surface area (Å²) in [5, 5.41) is 3.00. The maximum Gasteiger partial charge on any atom is 0.152 e. The summed E-state index contributed by atoms with van der Waals surface area (Å²) in [6.45, 7) is 6.25. The highest BCUT2D eigenvalue weighted by atomic mass is 16.1. The number of hydrogen-bond donors (Lipinski definition) is 1. The van der Waals surface area contributed by atoms with Crippen molar-refractivity contribution < 1.29 is 4.79 Å². The Hall–Kier alpha value is -0.630. The van der Waals surface area contributed by atoms with Crippen LogP contribution in [0, 0.1) is 0 Å². The molecule has 1 rings (SSSR count). The van der Waals surface area contributed by atoms with Crippen LogP contribution < -0.4 is 5.32 Å². The van der Waals surface area contributed by atoms with E-state index < -0.39 is 0 Å². The molecule has 0 spiro atoms. The molecule has 0 amide bonds. The minimum Gasteiger partial charge on any atom is -0.314 e. The van der Waals surface area contributed by atoms with Crippen LogP contribution in [0.15, 0.2) is 12.2 Å². The second-order valence-corrected chi connectivity index (χ2v) is 3.26. The molecule has 1 fully saturated rings. The van der Waals surface area contributed by atoms with Crippen molar-refractivity contribution in [2.24, 2.45) is 0 Å². The van der Waals surface area contributed by atoms with E-state index in [9.17, 15) is 4.79 Å². The molecule has 0 unspecified atom stereocenters. The van der Waals surface area contributed by atoms with Gasteiger partial charge in [0.1, 0.15) is 0 Å². The van der Waals surface area contributed by atoms with Crippen LogP contribution in [0.25, 0.3) is 0 Å². The third kappa shape index (κ3) is 18.4. The minimum absolute atomic E-state index is 0.150. The largest absolute Gasteiger partial charge is 0.314 e. The van der Waals surface area contributed by atoms with Gasteiger partial charge in [0, 0.05) is 13.1 Å². The number of nitrogens with one attached hydrogen (secondary N) is 1. The van der Waals surface area contributed by atoms with E-state index in [2.05, 4.69) is 12.2 Å². The average Bonchev–Trinajstić information content (AvgIpc) is 2.89. The first-order valence-corrected chi connectivity index (χ1v) is 5.15. The fraction of sp³-hybridized carbons (Fsp3) is 0.727. The van der Waals surface area contributed by atoms with E-state index in [1.165, 1.54) is 32.4 Å². The summed E-state index contributed by atoms with van der Waals surface area (Å²) in [7, 11) is 0. The molecule has 0 bridgehead atoms. The van der Waals surface area contributed by atoms with Crippen LogP contribution in [0.2, 0.25) is 0 Å². The zero-order valence-electron chi connectivity index (χ0n) is 8.81. The van der Waals surface area contributed by atoms with Crippen molar-refractivity contribution in [1.82, 2.24) is 5.32 Å². The Bertz CT molecular complexity index is 147. The quantitative estimate of drug-likeness (QED) is 0.403. The molecule has 0 aromatic rings. The fourth-order valence-corrected chi connectivity index (χ4v) is 0.761. The van der Waals surface area contributed by atoms with Gasteiger partial charge >= 0.3 is 0 Å². The van der Waals surface area contributed by atoms with Gasteiger partial charge in [0.15, 0.2) is 5.78 Å². The molecule has 1 aliphatic rings. The number of rotatable bonds is 5. The summed E-state index contributed by atoms with van der Waals surface area (Å²) in [4.78, 5) is 10.4. The van der Waals surface area contributed by atoms with Crippen LogP contribution in [0.3, 0.4) is 0 Å². The van der Waals surface area contributed by atoms with Crippen molar-refractivity contribution in [3.05, 3.63) is 12.2 Å². The Balaban J connectivity index is 0.000000396. The van der Waals surface area contributed by atoms with Gasteiger partial charge in [-0.25, -0.2) is 0 Å². The van der Waals surface area contributed by atoms with Crippen LogP contribution in [0.4, 0.5) is 0 Å². The van der Waals surface area contributed by atoms with E-state index >= 15 is 0 Å². The van der Waals surface area contributed by atoms with Gasteiger partial charge in [-0.2, -0.15) is 0 Å². The van der Waals surface area contributed by atoms with E-state index in [1.54, 1.807) is 13.0 Å². The van der Waals surface area contributed by atoms with Crippen molar-refractivity contribution in [3.8, 4) is 0 Å². The number of ketones is 1. The lowest BCUT2D eigenvalue weighted by atomic mass is 10.2. The topological polar surface area (TPSA) is 39.0 Å². The summed E-state index contributed by atoms with van der Waals surface area (Å²) in [6.07, 6.45) is 8.37. The van der Waals surface area contributed by atoms with E-state index in [1.807, 2.05) is 6.08 Å². The molecular weight excluding hydrogens is 162 g/mol. The molecule has 0 aliphatic carbocycles. The van der Waals surface area contributed by atoms with Gasteiger partial charge in [-0.1, -0.05) is 25.8 Å². The van der Waals surface area contributed by atoms with Crippen LogP contribution in [-0.2, 0) is 4.79 Å². The monoisotopic (exact) mass is 183 g/mol. The Kier molecular flexibility index (Phi) is 9.00. The molecule has 0 aromatic carbocycles. The highest BCUT2D eigenvalue weighted by molar-refractivity contribution is 5.87. The molecule has 0 atom stereocenters. The Morgan fingerprint density at radius 1 is 1.38 bits per heavy atom. The molecule has 76 valence electrons. The number of carbonyl (C=O) groups is 1. The van der Waals surface area contributed by atoms with E-state index in [0.29, 0.717) is 0 Å². The third-order valence-electron chi connectivity index (χ3n) is 1.58. The lowest BCUT2D eigenvalue weighted by Crippen LogP contribution is -1.79. The van der Waals surface area contributed by atoms with Gasteiger partial charge in [0.25, 0.3) is 0 Å². The van der Waals surface area contributed by atoms with E-state index in [-0.39, 0.29) is 5.78 Å². The van der Waals surface area contributed by atoms with E-state index in [0.717, 1.165) is 6.42 Å². The molecule has 1 aliphatic heterocycles. The average molecular weight is 183 g/mol. The van der Waals surface area contributed by atoms with Gasteiger partial charge in [0.05, 0.1) is 0 Å². The Morgan fingerprint density at radius 3 is 2.38 bits per heavy atom. The smallest absolute Gasteiger partial charge is 0.152 e. The maximum absolute atomic E-state index is 10.4. The van der Waals surface area contributed by atoms with Crippen LogP contribution in [0.5, 0.6) is 0 Å². The van der Waals surface area contributed by atoms with Crippen LogP contribution in [0.1, 0.15) is 39.5 Å². The molecule has 1 saturated heterocycles. The molecular formula is C11H21NO. The highest BCUT2D eigenvalue weighted by Crippen LogP contribution is 1.99. The molecule has 13 heavy (non-hydrogen) atoms. The first-order chi connectivity index (χ1) is 6.27. The Labute approximate surface area is 81.4 Å². The zero-order valence-corrected chi connectivity index (χ0v) is 8.81. The second-order valence-electron chi connectivity index (χ2n) is 3.26. The van der Waals surface area contributed by atoms with Gasteiger partial charge in [-0.15, -0.1) is 0 Å². The van der Waals surface area contributed by atoms with Crippen LogP contribution >= 0.6 is 0 Å². The summed E-state index contributed by atoms with van der Waals surface area (Å²) in [6, 6.07) is 0. The molecule has 0 radical (unpaired) electrons. The van der Waals surface area contributed by atoms with Crippen molar-refractivity contribution in [2.45, 2.75) is 39.5 Å². The first-order valence-electron chi connectivity index (χ1n) is 5.15. The lowest BCUT2D eigenvalue weighted by molar-refractivity contribution is -0.112. The molecule has 1 heterocycles. The van der Waals surface area contributed by atoms with Crippen molar-refractivity contribution in [1.29, 1.82) is 0 Å². The number of hydrogen-bond acceptors (Lipinski definition) is 2. The van der Waals surface area contributed by atoms with Crippen molar-refractivity contribution >= 4 is 5.78 Å². The van der Waals surface area contributed by atoms with Gasteiger partial charge in [-0.05, 0) is 25.8 Å². The third-order valence-corrected chi connectivity index (χ3v) is 1.58. The zero-order chi connectivity index (χ0) is 9.94. The summed E-state index contributed by atoms with van der Waals surface area (Å²) in [5.74, 6) is 0.150.